The van der Waals surface area contributed by atoms with E-state index in [1.165, 1.54) is 364 Å². The molecule has 1 atom stereocenters. The van der Waals surface area contributed by atoms with Crippen molar-refractivity contribution in [2.24, 2.45) is 0 Å². The van der Waals surface area contributed by atoms with Crippen molar-refractivity contribution in [1.29, 1.82) is 0 Å². The summed E-state index contributed by atoms with van der Waals surface area (Å²) in [5.41, 5.74) is 27.6. The Morgan fingerprint density at radius 3 is 1.04 bits per heavy atom. The molecule has 0 saturated carbocycles. The summed E-state index contributed by atoms with van der Waals surface area (Å²) >= 11 is 0. The zero-order valence-electron chi connectivity index (χ0n) is 76.3. The second kappa shape index (κ2) is 45.2. The van der Waals surface area contributed by atoms with Gasteiger partial charge < -0.3 is 18.6 Å². The van der Waals surface area contributed by atoms with Gasteiger partial charge in [0.05, 0.1) is 12.0 Å². The summed E-state index contributed by atoms with van der Waals surface area (Å²) < 4.78 is 18.2. The molecule has 124 heavy (non-hydrogen) atoms. The van der Waals surface area contributed by atoms with Crippen LogP contribution in [0.4, 0.5) is 0 Å². The average Bonchev–Trinajstić information content (AvgIpc) is 1.53. The Morgan fingerprint density at radius 2 is 0.605 bits per heavy atom. The van der Waals surface area contributed by atoms with Crippen LogP contribution in [0.5, 0.6) is 11.5 Å². The summed E-state index contributed by atoms with van der Waals surface area (Å²) in [5, 5.41) is 5.27. The Kier molecular flexibility index (Phi) is 32.6. The molecule has 2 aliphatic carbocycles. The smallest absolute Gasteiger partial charge is 0.140 e. The van der Waals surface area contributed by atoms with Crippen LogP contribution in [0.15, 0.2) is 194 Å². The molecule has 10 aromatic carbocycles. The first-order chi connectivity index (χ1) is 61.1. The van der Waals surface area contributed by atoms with Gasteiger partial charge in [0.25, 0.3) is 0 Å². The fraction of sp³-hybridized carbons (Fsp3) is 0.417. The van der Waals surface area contributed by atoms with Crippen molar-refractivity contribution in [2.45, 2.75) is 316 Å². The summed E-state index contributed by atoms with van der Waals surface area (Å²) in [5.74, 6) is 22.7. The molecule has 4 heteroatoms. The Balaban J connectivity index is 0.00000375. The third-order valence-electron chi connectivity index (χ3n) is 27.4. The first-order valence-electron chi connectivity index (χ1n) is 48.8. The van der Waals surface area contributed by atoms with Crippen LogP contribution in [0.25, 0.3) is 99.2 Å². The zero-order valence-corrected chi connectivity index (χ0v) is 76.3. The van der Waals surface area contributed by atoms with Gasteiger partial charge in [-0.05, 0) is 250 Å². The molecular formula is C120H156N2O2. The molecule has 14 rings (SSSR count). The number of unbranched alkanes of at least 4 members (excludes halogenated alkanes) is 31. The predicted molar refractivity (Wildman–Crippen MR) is 553 cm³/mol. The number of aryl methyl sites for hydroxylation is 4. The highest BCUT2D eigenvalue weighted by Crippen LogP contribution is 2.60. The van der Waals surface area contributed by atoms with Crippen molar-refractivity contribution in [3.63, 3.8) is 0 Å². The van der Waals surface area contributed by atoms with E-state index in [4.69, 9.17) is 15.9 Å². The number of aromatic nitrogens is 2. The van der Waals surface area contributed by atoms with Gasteiger partial charge in [-0.1, -0.05) is 361 Å². The van der Waals surface area contributed by atoms with Gasteiger partial charge in [0.1, 0.15) is 17.6 Å². The lowest BCUT2D eigenvalue weighted by molar-refractivity contribution is 0.304. The molecule has 0 fully saturated rings. The normalized spacial score (nSPS) is 13.3. The number of benzene rings is 10. The van der Waals surface area contributed by atoms with Crippen LogP contribution in [0.1, 0.15) is 337 Å². The first-order valence-corrected chi connectivity index (χ1v) is 48.8. The van der Waals surface area contributed by atoms with E-state index in [1.807, 2.05) is 0 Å². The Morgan fingerprint density at radius 1 is 0.290 bits per heavy atom. The van der Waals surface area contributed by atoms with Crippen molar-refractivity contribution < 1.29 is 23.7 Å². The van der Waals surface area contributed by atoms with Crippen LogP contribution < -0.4 is 9.47 Å². The van der Waals surface area contributed by atoms with Crippen LogP contribution in [0.2, 0.25) is 0 Å². The standard InChI is InChI=1S/C120H136N2O2.10H2/c1-9-15-21-27-33-37-41-47-77-119(78-48-42-38-34-28-22-16-10-2)111-84-92(8)53-69-103(111)104-70-55-96(88-112(104)119)98-57-72-106-105-71-56-97(89-113(105)120(114(106)90-98,99-61-65-101(66-62-99)123-81-51-45-39-35-29-23-17-11-3)100-63-67-102(68-64-100)124-82-52-46-40-36-30-24-18-12-4)95-60-76-118-110(87-95)109-86-94(59-75-117(109)122(118)80-50-44-32-26-20-14-6)93-58-74-116-108(85-93)107-83-91(7)54-73-115(107)121(116)79-49-43-31-25-19-13-5;;;;;;;;;;/h3,53-76,83-90H,9-10,12-16,18-22,24-28,30-34,36-38,40-44,46-50,52,77-80,82H2,1-2,4-8H3;10*1H. The lowest BCUT2D eigenvalue weighted by Crippen LogP contribution is -2.28. The SMILES string of the molecule is C#CC#CC#CC#CC#COc1ccc(C2(c3ccc(OCCCCCCCCCC)cc3)c3cc(-c4ccc5c(c4)C(CCCCCCCCCC)(CCCCCCCCCC)c4cc(C)ccc4-5)ccc3-c3ccc(-c4ccc5c(c4)c4cc(-c6ccc7c(c6)c6cc(C)ccc6n7CCCCCCCC)ccc4n5CCCCCCCC)cc32)cc1.[HH].[HH].[HH].[HH].[HH].[HH].[HH].[HH].[HH].[HH]. The van der Waals surface area contributed by atoms with E-state index in [2.05, 4.69) is 305 Å². The minimum absolute atomic E-state index is 0. The van der Waals surface area contributed by atoms with Gasteiger partial charge in [-0.25, -0.2) is 0 Å². The molecular weight excluding hydrogens is 1500 g/mol. The second-order valence-corrected chi connectivity index (χ2v) is 36.3. The number of hydrogen-bond acceptors (Lipinski definition) is 2. The second-order valence-electron chi connectivity index (χ2n) is 36.3. The predicted octanol–water partition coefficient (Wildman–Crippen LogP) is 35.9. The maximum Gasteiger partial charge on any atom is 0.140 e. The molecule has 0 amide bonds. The van der Waals surface area contributed by atoms with Crippen LogP contribution >= 0.6 is 0 Å². The molecule has 0 radical (unpaired) electrons. The van der Waals surface area contributed by atoms with E-state index >= 15 is 0 Å². The van der Waals surface area contributed by atoms with Crippen LogP contribution in [0.3, 0.4) is 0 Å². The zero-order chi connectivity index (χ0) is 85.7. The Labute approximate surface area is 760 Å². The molecule has 0 spiro atoms. The largest absolute Gasteiger partial charge is 0.494 e. The van der Waals surface area contributed by atoms with Gasteiger partial charge in [-0.2, -0.15) is 0 Å². The van der Waals surface area contributed by atoms with Crippen LogP contribution in [0, 0.1) is 73.7 Å². The molecule has 658 valence electrons. The monoisotopic (exact) mass is 1660 g/mol. The number of nitrogens with zero attached hydrogens (tertiary/aromatic N) is 2. The highest BCUT2D eigenvalue weighted by Gasteiger charge is 2.48. The van der Waals surface area contributed by atoms with Gasteiger partial charge in [0, 0.05) is 100 Å². The lowest BCUT2D eigenvalue weighted by atomic mass is 9.67. The molecule has 2 heterocycles. The fourth-order valence-electron chi connectivity index (χ4n) is 20.8. The van der Waals surface area contributed by atoms with E-state index in [1.54, 1.807) is 5.56 Å². The third-order valence-corrected chi connectivity index (χ3v) is 27.4. The van der Waals surface area contributed by atoms with Crippen molar-refractivity contribution >= 4 is 43.6 Å². The van der Waals surface area contributed by atoms with Crippen LogP contribution in [-0.4, -0.2) is 15.7 Å². The van der Waals surface area contributed by atoms with E-state index in [9.17, 15) is 0 Å². The maximum absolute atomic E-state index is 6.73. The average molecular weight is 1660 g/mol. The maximum atomic E-state index is 6.73. The lowest BCUT2D eigenvalue weighted by Gasteiger charge is -2.35. The van der Waals surface area contributed by atoms with Crippen LogP contribution in [-0.2, 0) is 23.9 Å². The molecule has 1 unspecified atom stereocenters. The molecule has 0 N–H and O–H groups in total. The van der Waals surface area contributed by atoms with E-state index in [-0.39, 0.29) is 19.7 Å². The summed E-state index contributed by atoms with van der Waals surface area (Å²) in [6.45, 7) is 18.8. The van der Waals surface area contributed by atoms with Gasteiger partial charge in [-0.3, -0.25) is 0 Å². The van der Waals surface area contributed by atoms with Gasteiger partial charge in [0.15, 0.2) is 0 Å². The molecule has 0 bridgehead atoms. The Bertz CT molecular complexity index is 5930. The fourth-order valence-corrected chi connectivity index (χ4v) is 20.8. The first kappa shape index (κ1) is 89.5. The van der Waals surface area contributed by atoms with E-state index in [0.29, 0.717) is 12.4 Å². The molecule has 12 aromatic rings. The molecule has 2 aromatic heterocycles. The molecule has 0 saturated heterocycles. The quantitative estimate of drug-likeness (QED) is 0.0281. The number of hydrogen-bond donors (Lipinski definition) is 0. The highest BCUT2D eigenvalue weighted by molar-refractivity contribution is 6.12. The van der Waals surface area contributed by atoms with Gasteiger partial charge in [-0.15, -0.1) is 6.42 Å². The minimum atomic E-state index is -0.822. The molecule has 2 aliphatic rings. The number of ether oxygens (including phenoxy) is 2. The van der Waals surface area contributed by atoms with E-state index < -0.39 is 5.41 Å². The molecule has 4 nitrogen and oxygen atoms in total. The topological polar surface area (TPSA) is 28.3 Å². The van der Waals surface area contributed by atoms with Gasteiger partial charge in [0.2, 0.25) is 0 Å². The third kappa shape index (κ3) is 21.1. The summed E-state index contributed by atoms with van der Waals surface area (Å²) in [4.78, 5) is 0. The van der Waals surface area contributed by atoms with Crippen molar-refractivity contribution in [1.82, 2.24) is 9.13 Å². The van der Waals surface area contributed by atoms with E-state index in [0.717, 1.165) is 37.2 Å². The van der Waals surface area contributed by atoms with Crippen molar-refractivity contribution in [2.75, 3.05) is 6.61 Å². The molecule has 0 aliphatic heterocycles. The number of rotatable bonds is 48. The summed E-state index contributed by atoms with van der Waals surface area (Å²) in [6, 6.07) is 76.9. The number of terminal acetylenes is 1. The summed E-state index contributed by atoms with van der Waals surface area (Å²) in [6.07, 6.45) is 56.7. The van der Waals surface area contributed by atoms with Crippen molar-refractivity contribution in [3.05, 3.63) is 239 Å². The van der Waals surface area contributed by atoms with Gasteiger partial charge >= 0.3 is 0 Å². The highest BCUT2D eigenvalue weighted by atomic mass is 16.5. The minimum Gasteiger partial charge on any atom is -0.494 e. The van der Waals surface area contributed by atoms with Crippen molar-refractivity contribution in [3.8, 4) is 127 Å². The summed E-state index contributed by atoms with van der Waals surface area (Å²) in [7, 11) is 0. The number of fused-ring (bicyclic) bond motifs is 12. The Hall–Kier alpha value is -10.8.